The lowest BCUT2D eigenvalue weighted by molar-refractivity contribution is 0.302. The second kappa shape index (κ2) is 19.7. The molecule has 4 aromatic rings. The molecule has 0 aliphatic carbocycles. The summed E-state index contributed by atoms with van der Waals surface area (Å²) in [5, 5.41) is 0. The molecular weight excluding hydrogens is 585 g/mol. The molecule has 4 rings (SSSR count). The van der Waals surface area contributed by atoms with Crippen molar-refractivity contribution in [2.24, 2.45) is 0 Å². The first-order valence-electron chi connectivity index (χ1n) is 18.5. The van der Waals surface area contributed by atoms with E-state index in [9.17, 15) is 0 Å². The average molecular weight is 643 g/mol. The molecule has 2 nitrogen and oxygen atoms in total. The topological polar surface area (TPSA) is 18.5 Å². The van der Waals surface area contributed by atoms with Gasteiger partial charge in [-0.05, 0) is 82.3 Å². The van der Waals surface area contributed by atoms with Gasteiger partial charge in [0.1, 0.15) is 11.5 Å². The minimum Gasteiger partial charge on any atom is -0.493 e. The van der Waals surface area contributed by atoms with Gasteiger partial charge in [-0.3, -0.25) is 0 Å². The Labute approximate surface area is 291 Å². The smallest absolute Gasteiger partial charge is 0.127 e. The largest absolute Gasteiger partial charge is 0.493 e. The van der Waals surface area contributed by atoms with Gasteiger partial charge in [-0.25, -0.2) is 0 Å². The van der Waals surface area contributed by atoms with Crippen molar-refractivity contribution in [1.29, 1.82) is 0 Å². The summed E-state index contributed by atoms with van der Waals surface area (Å²) in [5.41, 5.74) is 9.53. The first-order chi connectivity index (χ1) is 23.4. The Hall–Kier alpha value is -4.04. The van der Waals surface area contributed by atoms with Crippen LogP contribution in [0.1, 0.15) is 138 Å². The summed E-state index contributed by atoms with van der Waals surface area (Å²) < 4.78 is 13.0. The molecule has 0 saturated heterocycles. The zero-order chi connectivity index (χ0) is 34.1. The van der Waals surface area contributed by atoms with Gasteiger partial charge in [0.15, 0.2) is 0 Å². The molecule has 0 unspecified atom stereocenters. The van der Waals surface area contributed by atoms with Crippen molar-refractivity contribution in [3.05, 3.63) is 118 Å². The standard InChI is InChI=1S/C46H58O2/c1-7-9-11-13-31-47-45-29-23-39(17-15-37-19-25-41(26-20-37)35(3)4)33-43(45)44-34-40(24-30-46(44)48-32-14-12-10-8-2)18-16-38-21-27-42(28-22-38)36(5)6/h15-30,33-36H,7-14,31-32H2,1-6H3/b17-15+,18-16+. The minimum absolute atomic E-state index is 0.527. The SMILES string of the molecule is CCCCCCOc1ccc(/C=C/c2ccc(C(C)C)cc2)cc1-c1cc(/C=C/c2ccc(C(C)C)cc2)ccc1OCCCCCC. The van der Waals surface area contributed by atoms with Crippen LogP contribution in [0.2, 0.25) is 0 Å². The fourth-order valence-corrected chi connectivity index (χ4v) is 5.77. The molecule has 0 heterocycles. The Morgan fingerprint density at radius 3 is 1.15 bits per heavy atom. The number of rotatable bonds is 19. The third-order valence-corrected chi connectivity index (χ3v) is 8.95. The van der Waals surface area contributed by atoms with Crippen molar-refractivity contribution < 1.29 is 9.47 Å². The zero-order valence-electron chi connectivity index (χ0n) is 30.4. The fraction of sp³-hybridized carbons (Fsp3) is 0.391. The van der Waals surface area contributed by atoms with E-state index in [-0.39, 0.29) is 0 Å². The van der Waals surface area contributed by atoms with Crippen LogP contribution < -0.4 is 9.47 Å². The molecule has 0 aliphatic heterocycles. The number of benzene rings is 4. The van der Waals surface area contributed by atoms with Gasteiger partial charge in [-0.2, -0.15) is 0 Å². The molecule has 0 saturated carbocycles. The summed E-state index contributed by atoms with van der Waals surface area (Å²) in [4.78, 5) is 0. The Kier molecular flexibility index (Phi) is 15.1. The highest BCUT2D eigenvalue weighted by molar-refractivity contribution is 5.83. The van der Waals surface area contributed by atoms with Crippen LogP contribution in [0.5, 0.6) is 11.5 Å². The van der Waals surface area contributed by atoms with E-state index in [0.29, 0.717) is 25.0 Å². The summed E-state index contributed by atoms with van der Waals surface area (Å²) in [6.45, 7) is 14.9. The van der Waals surface area contributed by atoms with Crippen LogP contribution in [-0.4, -0.2) is 13.2 Å². The Bertz CT molecular complexity index is 1450. The van der Waals surface area contributed by atoms with Crippen molar-refractivity contribution in [3.63, 3.8) is 0 Å². The number of unbranched alkanes of at least 4 members (excludes halogenated alkanes) is 6. The van der Waals surface area contributed by atoms with E-state index in [1.807, 2.05) is 0 Å². The van der Waals surface area contributed by atoms with Crippen LogP contribution >= 0.6 is 0 Å². The molecule has 4 aromatic carbocycles. The maximum Gasteiger partial charge on any atom is 0.127 e. The summed E-state index contributed by atoms with van der Waals surface area (Å²) in [6.07, 6.45) is 18.2. The van der Waals surface area contributed by atoms with Gasteiger partial charge in [-0.15, -0.1) is 0 Å². The normalized spacial score (nSPS) is 11.8. The molecular formula is C46H58O2. The van der Waals surface area contributed by atoms with Crippen molar-refractivity contribution in [2.75, 3.05) is 13.2 Å². The summed E-state index contributed by atoms with van der Waals surface area (Å²) in [6, 6.07) is 30.9. The van der Waals surface area contributed by atoms with Gasteiger partial charge < -0.3 is 9.47 Å². The third kappa shape index (κ3) is 11.6. The number of ether oxygens (including phenoxy) is 2. The third-order valence-electron chi connectivity index (χ3n) is 8.95. The van der Waals surface area contributed by atoms with E-state index in [0.717, 1.165) is 46.6 Å². The second-order valence-electron chi connectivity index (χ2n) is 13.6. The lowest BCUT2D eigenvalue weighted by Gasteiger charge is -2.17. The van der Waals surface area contributed by atoms with E-state index in [4.69, 9.17) is 9.47 Å². The van der Waals surface area contributed by atoms with Gasteiger partial charge in [0.05, 0.1) is 13.2 Å². The van der Waals surface area contributed by atoms with E-state index in [1.165, 1.54) is 60.8 Å². The molecule has 0 atom stereocenters. The van der Waals surface area contributed by atoms with Gasteiger partial charge >= 0.3 is 0 Å². The van der Waals surface area contributed by atoms with Gasteiger partial charge in [-0.1, -0.05) is 165 Å². The molecule has 0 bridgehead atoms. The van der Waals surface area contributed by atoms with Crippen LogP contribution in [-0.2, 0) is 0 Å². The fourth-order valence-electron chi connectivity index (χ4n) is 5.77. The Morgan fingerprint density at radius 1 is 0.438 bits per heavy atom. The minimum atomic E-state index is 0.527. The molecule has 0 N–H and O–H groups in total. The van der Waals surface area contributed by atoms with Crippen LogP contribution in [0.15, 0.2) is 84.9 Å². The highest BCUT2D eigenvalue weighted by Crippen LogP contribution is 2.39. The van der Waals surface area contributed by atoms with Crippen LogP contribution in [0.25, 0.3) is 35.4 Å². The Balaban J connectivity index is 1.70. The molecule has 2 heteroatoms. The van der Waals surface area contributed by atoms with Crippen LogP contribution in [0.3, 0.4) is 0 Å². The first kappa shape index (κ1) is 36.8. The maximum absolute atomic E-state index is 6.51. The zero-order valence-corrected chi connectivity index (χ0v) is 30.4. The van der Waals surface area contributed by atoms with Gasteiger partial charge in [0, 0.05) is 11.1 Å². The first-order valence-corrected chi connectivity index (χ1v) is 18.5. The molecule has 0 amide bonds. The predicted molar refractivity (Wildman–Crippen MR) is 210 cm³/mol. The van der Waals surface area contributed by atoms with Crippen molar-refractivity contribution in [3.8, 4) is 22.6 Å². The van der Waals surface area contributed by atoms with Crippen LogP contribution in [0, 0.1) is 0 Å². The predicted octanol–water partition coefficient (Wildman–Crippen LogP) is 13.9. The lowest BCUT2D eigenvalue weighted by Crippen LogP contribution is -2.02. The van der Waals surface area contributed by atoms with Crippen molar-refractivity contribution >= 4 is 24.3 Å². The van der Waals surface area contributed by atoms with E-state index >= 15 is 0 Å². The van der Waals surface area contributed by atoms with E-state index in [2.05, 4.69) is 151 Å². The highest BCUT2D eigenvalue weighted by atomic mass is 16.5. The number of hydrogen-bond donors (Lipinski definition) is 0. The monoisotopic (exact) mass is 642 g/mol. The molecule has 48 heavy (non-hydrogen) atoms. The molecule has 0 aromatic heterocycles. The Morgan fingerprint density at radius 2 is 0.792 bits per heavy atom. The molecule has 0 aliphatic rings. The van der Waals surface area contributed by atoms with Crippen molar-refractivity contribution in [1.82, 2.24) is 0 Å². The maximum atomic E-state index is 6.51. The molecule has 0 fully saturated rings. The number of hydrogen-bond acceptors (Lipinski definition) is 2. The van der Waals surface area contributed by atoms with Crippen LogP contribution in [0.4, 0.5) is 0 Å². The molecule has 0 spiro atoms. The van der Waals surface area contributed by atoms with Crippen molar-refractivity contribution in [2.45, 2.75) is 105 Å². The molecule has 254 valence electrons. The average Bonchev–Trinajstić information content (AvgIpc) is 3.10. The van der Waals surface area contributed by atoms with Gasteiger partial charge in [0.25, 0.3) is 0 Å². The molecule has 0 radical (unpaired) electrons. The summed E-state index contributed by atoms with van der Waals surface area (Å²) in [5.74, 6) is 2.87. The quantitative estimate of drug-likeness (QED) is 0.0748. The van der Waals surface area contributed by atoms with E-state index < -0.39 is 0 Å². The lowest BCUT2D eigenvalue weighted by atomic mass is 9.97. The highest BCUT2D eigenvalue weighted by Gasteiger charge is 2.14. The summed E-state index contributed by atoms with van der Waals surface area (Å²) in [7, 11) is 0. The summed E-state index contributed by atoms with van der Waals surface area (Å²) >= 11 is 0. The van der Waals surface area contributed by atoms with E-state index in [1.54, 1.807) is 0 Å². The second-order valence-corrected chi connectivity index (χ2v) is 13.6. The van der Waals surface area contributed by atoms with Gasteiger partial charge in [0.2, 0.25) is 0 Å².